The van der Waals surface area contributed by atoms with Crippen LogP contribution in [0.5, 0.6) is 0 Å². The van der Waals surface area contributed by atoms with Crippen LogP contribution >= 0.6 is 0 Å². The summed E-state index contributed by atoms with van der Waals surface area (Å²) in [6.45, 7) is 4.82. The molecule has 1 aromatic carbocycles. The Labute approximate surface area is 107 Å². The molecule has 0 fully saturated rings. The van der Waals surface area contributed by atoms with Crippen LogP contribution in [0.25, 0.3) is 0 Å². The van der Waals surface area contributed by atoms with Crippen molar-refractivity contribution < 1.29 is 13.5 Å². The summed E-state index contributed by atoms with van der Waals surface area (Å²) in [6.07, 6.45) is 1.53. The lowest BCUT2D eigenvalue weighted by Gasteiger charge is -2.18. The minimum absolute atomic E-state index is 0.180. The molecule has 0 saturated carbocycles. The summed E-state index contributed by atoms with van der Waals surface area (Å²) in [6, 6.07) is 3.08. The van der Waals surface area contributed by atoms with Crippen LogP contribution in [-0.2, 0) is 4.74 Å². The average Bonchev–Trinajstić information content (AvgIpc) is 2.38. The highest BCUT2D eigenvalue weighted by Gasteiger charge is 2.17. The number of benzene rings is 1. The van der Waals surface area contributed by atoms with Gasteiger partial charge in [0.05, 0.1) is 0 Å². The average molecular weight is 257 g/mol. The van der Waals surface area contributed by atoms with Crippen molar-refractivity contribution in [2.45, 2.75) is 32.7 Å². The van der Waals surface area contributed by atoms with Crippen LogP contribution in [0, 0.1) is 18.6 Å². The quantitative estimate of drug-likeness (QED) is 0.756. The van der Waals surface area contributed by atoms with Gasteiger partial charge in [-0.05, 0) is 39.3 Å². The second kappa shape index (κ2) is 7.44. The van der Waals surface area contributed by atoms with Gasteiger partial charge in [-0.1, -0.05) is 12.1 Å². The normalized spacial score (nSPS) is 12.7. The number of hydrogen-bond donors (Lipinski definition) is 1. The second-order valence-electron chi connectivity index (χ2n) is 4.28. The molecule has 4 heteroatoms. The van der Waals surface area contributed by atoms with E-state index in [1.807, 2.05) is 6.92 Å². The molecular formula is C14H21F2NO. The molecule has 1 unspecified atom stereocenters. The Bertz CT molecular complexity index is 382. The summed E-state index contributed by atoms with van der Waals surface area (Å²) in [5.41, 5.74) is 0.720. The Kier molecular flexibility index (Phi) is 6.22. The Morgan fingerprint density at radius 3 is 2.61 bits per heavy atom. The van der Waals surface area contributed by atoms with E-state index in [4.69, 9.17) is 4.74 Å². The minimum Gasteiger partial charge on any atom is -0.382 e. The van der Waals surface area contributed by atoms with Crippen LogP contribution in [0.4, 0.5) is 8.78 Å². The maximum atomic E-state index is 13.8. The molecule has 0 aliphatic rings. The molecule has 0 amide bonds. The van der Waals surface area contributed by atoms with Gasteiger partial charge in [0.25, 0.3) is 0 Å². The van der Waals surface area contributed by atoms with Gasteiger partial charge < -0.3 is 10.1 Å². The molecule has 2 nitrogen and oxygen atoms in total. The Morgan fingerprint density at radius 1 is 1.28 bits per heavy atom. The van der Waals surface area contributed by atoms with Gasteiger partial charge in [-0.15, -0.1) is 0 Å². The second-order valence-corrected chi connectivity index (χ2v) is 4.28. The fraction of sp³-hybridized carbons (Fsp3) is 0.571. The molecule has 0 radical (unpaired) electrons. The summed E-state index contributed by atoms with van der Waals surface area (Å²) in [7, 11) is 1.75. The van der Waals surface area contributed by atoms with Crippen LogP contribution in [0.2, 0.25) is 0 Å². The SMILES string of the molecule is CCOCCCC(NC)c1ccc(C)c(F)c1F. The predicted octanol–water partition coefficient (Wildman–Crippen LogP) is 3.35. The van der Waals surface area contributed by atoms with Gasteiger partial charge in [-0.25, -0.2) is 8.78 Å². The zero-order chi connectivity index (χ0) is 13.5. The van der Waals surface area contributed by atoms with Crippen molar-refractivity contribution in [1.82, 2.24) is 5.32 Å². The zero-order valence-corrected chi connectivity index (χ0v) is 11.2. The van der Waals surface area contributed by atoms with E-state index in [0.717, 1.165) is 12.8 Å². The van der Waals surface area contributed by atoms with Crippen LogP contribution in [0.3, 0.4) is 0 Å². The van der Waals surface area contributed by atoms with Gasteiger partial charge >= 0.3 is 0 Å². The van der Waals surface area contributed by atoms with Crippen molar-refractivity contribution >= 4 is 0 Å². The van der Waals surface area contributed by atoms with E-state index in [0.29, 0.717) is 24.3 Å². The number of aryl methyl sites for hydroxylation is 1. The van der Waals surface area contributed by atoms with E-state index < -0.39 is 11.6 Å². The van der Waals surface area contributed by atoms with Gasteiger partial charge in [0, 0.05) is 24.8 Å². The van der Waals surface area contributed by atoms with E-state index >= 15 is 0 Å². The van der Waals surface area contributed by atoms with Crippen LogP contribution < -0.4 is 5.32 Å². The Hall–Kier alpha value is -1.00. The molecule has 1 rings (SSSR count). The van der Waals surface area contributed by atoms with Crippen molar-refractivity contribution in [3.63, 3.8) is 0 Å². The molecule has 0 saturated heterocycles. The molecule has 18 heavy (non-hydrogen) atoms. The molecular weight excluding hydrogens is 236 g/mol. The molecule has 1 aromatic rings. The predicted molar refractivity (Wildman–Crippen MR) is 68.6 cm³/mol. The van der Waals surface area contributed by atoms with E-state index in [-0.39, 0.29) is 6.04 Å². The standard InChI is InChI=1S/C14H21F2NO/c1-4-18-9-5-6-12(17-3)11-8-7-10(2)13(15)14(11)16/h7-8,12,17H,4-6,9H2,1-3H3. The first-order valence-corrected chi connectivity index (χ1v) is 6.31. The Morgan fingerprint density at radius 2 is 2.00 bits per heavy atom. The minimum atomic E-state index is -0.752. The highest BCUT2D eigenvalue weighted by atomic mass is 19.2. The monoisotopic (exact) mass is 257 g/mol. The van der Waals surface area contributed by atoms with Gasteiger partial charge in [-0.2, -0.15) is 0 Å². The maximum absolute atomic E-state index is 13.8. The number of rotatable bonds is 7. The van der Waals surface area contributed by atoms with Crippen LogP contribution in [0.1, 0.15) is 36.9 Å². The number of halogens is 2. The van der Waals surface area contributed by atoms with E-state index in [2.05, 4.69) is 5.32 Å². The van der Waals surface area contributed by atoms with Crippen LogP contribution in [0.15, 0.2) is 12.1 Å². The number of hydrogen-bond acceptors (Lipinski definition) is 2. The highest BCUT2D eigenvalue weighted by Crippen LogP contribution is 2.24. The third-order valence-corrected chi connectivity index (χ3v) is 3.01. The first-order chi connectivity index (χ1) is 8.61. The van der Waals surface area contributed by atoms with Gasteiger partial charge in [0.15, 0.2) is 11.6 Å². The lowest BCUT2D eigenvalue weighted by Crippen LogP contribution is -2.19. The highest BCUT2D eigenvalue weighted by molar-refractivity contribution is 5.27. The van der Waals surface area contributed by atoms with Gasteiger partial charge in [0.2, 0.25) is 0 Å². The van der Waals surface area contributed by atoms with Crippen molar-refractivity contribution in [2.75, 3.05) is 20.3 Å². The summed E-state index contributed by atoms with van der Waals surface area (Å²) in [5, 5.41) is 3.02. The molecule has 102 valence electrons. The maximum Gasteiger partial charge on any atom is 0.163 e. The van der Waals surface area contributed by atoms with Crippen LogP contribution in [-0.4, -0.2) is 20.3 Å². The smallest absolute Gasteiger partial charge is 0.163 e. The molecule has 0 bridgehead atoms. The first-order valence-electron chi connectivity index (χ1n) is 6.31. The third kappa shape index (κ3) is 3.75. The Balaban J connectivity index is 2.73. The van der Waals surface area contributed by atoms with E-state index in [9.17, 15) is 8.78 Å². The van der Waals surface area contributed by atoms with Crippen molar-refractivity contribution in [3.8, 4) is 0 Å². The molecule has 0 aliphatic carbocycles. The van der Waals surface area contributed by atoms with E-state index in [1.165, 1.54) is 0 Å². The van der Waals surface area contributed by atoms with Crippen molar-refractivity contribution in [2.24, 2.45) is 0 Å². The number of nitrogens with one attached hydrogen (secondary N) is 1. The molecule has 0 heterocycles. The molecule has 0 spiro atoms. The fourth-order valence-corrected chi connectivity index (χ4v) is 1.92. The fourth-order valence-electron chi connectivity index (χ4n) is 1.92. The lowest BCUT2D eigenvalue weighted by molar-refractivity contribution is 0.141. The molecule has 0 aliphatic heterocycles. The van der Waals surface area contributed by atoms with E-state index in [1.54, 1.807) is 26.1 Å². The summed E-state index contributed by atoms with van der Waals surface area (Å²) in [5.74, 6) is -1.50. The zero-order valence-electron chi connectivity index (χ0n) is 11.2. The molecule has 0 aromatic heterocycles. The lowest BCUT2D eigenvalue weighted by atomic mass is 10.00. The van der Waals surface area contributed by atoms with Gasteiger partial charge in [-0.3, -0.25) is 0 Å². The largest absolute Gasteiger partial charge is 0.382 e. The van der Waals surface area contributed by atoms with Crippen molar-refractivity contribution in [1.29, 1.82) is 0 Å². The van der Waals surface area contributed by atoms with Crippen molar-refractivity contribution in [3.05, 3.63) is 34.9 Å². The molecule has 1 N–H and O–H groups in total. The third-order valence-electron chi connectivity index (χ3n) is 3.01. The summed E-state index contributed by atoms with van der Waals surface area (Å²) < 4.78 is 32.6. The summed E-state index contributed by atoms with van der Waals surface area (Å²) >= 11 is 0. The topological polar surface area (TPSA) is 21.3 Å². The summed E-state index contributed by atoms with van der Waals surface area (Å²) in [4.78, 5) is 0. The number of ether oxygens (including phenoxy) is 1. The van der Waals surface area contributed by atoms with Gasteiger partial charge in [0.1, 0.15) is 0 Å². The molecule has 1 atom stereocenters. The first kappa shape index (κ1) is 15.1.